The number of aliphatic carboxylic acids is 1. The van der Waals surface area contributed by atoms with E-state index in [0.29, 0.717) is 35.3 Å². The third-order valence-electron chi connectivity index (χ3n) is 2.06. The van der Waals surface area contributed by atoms with Crippen molar-refractivity contribution in [2.45, 2.75) is 20.3 Å². The van der Waals surface area contributed by atoms with Crippen LogP contribution < -0.4 is 9.47 Å². The van der Waals surface area contributed by atoms with Crippen molar-refractivity contribution in [1.29, 1.82) is 0 Å². The van der Waals surface area contributed by atoms with E-state index in [1.54, 1.807) is 12.1 Å². The molecule has 17 heavy (non-hydrogen) atoms. The molecule has 0 aliphatic heterocycles. The fourth-order valence-electron chi connectivity index (χ4n) is 1.43. The normalized spacial score (nSPS) is 10.1. The van der Waals surface area contributed by atoms with Crippen LogP contribution in [0.15, 0.2) is 12.1 Å². The van der Waals surface area contributed by atoms with Gasteiger partial charge in [-0.3, -0.25) is 4.79 Å². The van der Waals surface area contributed by atoms with Gasteiger partial charge in [-0.2, -0.15) is 0 Å². The van der Waals surface area contributed by atoms with Crippen molar-refractivity contribution in [2.24, 2.45) is 0 Å². The van der Waals surface area contributed by atoms with Gasteiger partial charge in [0.15, 0.2) is 0 Å². The Kier molecular flexibility index (Phi) is 5.10. The summed E-state index contributed by atoms with van der Waals surface area (Å²) in [5, 5.41) is 9.24. The Morgan fingerprint density at radius 3 is 2.35 bits per heavy atom. The van der Waals surface area contributed by atoms with E-state index in [1.165, 1.54) is 0 Å². The van der Waals surface area contributed by atoms with Crippen LogP contribution in [-0.4, -0.2) is 24.3 Å². The van der Waals surface area contributed by atoms with Gasteiger partial charge in [0.2, 0.25) is 0 Å². The quantitative estimate of drug-likeness (QED) is 0.852. The highest BCUT2D eigenvalue weighted by Crippen LogP contribution is 2.33. The summed E-state index contributed by atoms with van der Waals surface area (Å²) in [6.07, 6.45) is -0.118. The molecule has 0 aliphatic carbocycles. The molecule has 94 valence electrons. The Morgan fingerprint density at radius 1 is 1.24 bits per heavy atom. The van der Waals surface area contributed by atoms with Crippen molar-refractivity contribution in [1.82, 2.24) is 0 Å². The Bertz CT molecular complexity index is 404. The summed E-state index contributed by atoms with van der Waals surface area (Å²) < 4.78 is 10.7. The van der Waals surface area contributed by atoms with E-state index in [1.807, 2.05) is 13.8 Å². The van der Waals surface area contributed by atoms with E-state index in [9.17, 15) is 4.79 Å². The number of rotatable bonds is 6. The first-order chi connectivity index (χ1) is 8.08. The minimum absolute atomic E-state index is 0.118. The van der Waals surface area contributed by atoms with Gasteiger partial charge in [0.1, 0.15) is 11.5 Å². The molecule has 1 aromatic rings. The molecule has 0 aromatic heterocycles. The zero-order valence-corrected chi connectivity index (χ0v) is 10.6. The standard InChI is InChI=1S/C12H15ClO4/c1-3-16-10-7-9(13)11(17-4-2)5-8(10)6-12(14)15/h5,7H,3-4,6H2,1-2H3,(H,14,15). The molecule has 1 rings (SSSR count). The number of hydrogen-bond acceptors (Lipinski definition) is 3. The molecule has 0 aliphatic rings. The number of halogens is 1. The lowest BCUT2D eigenvalue weighted by molar-refractivity contribution is -0.136. The van der Waals surface area contributed by atoms with Crippen LogP contribution in [0.2, 0.25) is 5.02 Å². The Hall–Kier alpha value is -1.42. The molecule has 0 saturated heterocycles. The summed E-state index contributed by atoms with van der Waals surface area (Å²) in [6.45, 7) is 4.59. The van der Waals surface area contributed by atoms with Crippen molar-refractivity contribution in [2.75, 3.05) is 13.2 Å². The lowest BCUT2D eigenvalue weighted by Gasteiger charge is -2.13. The van der Waals surface area contributed by atoms with Gasteiger partial charge in [0.05, 0.1) is 24.7 Å². The summed E-state index contributed by atoms with van der Waals surface area (Å²) in [5.41, 5.74) is 0.562. The van der Waals surface area contributed by atoms with E-state index < -0.39 is 5.97 Å². The van der Waals surface area contributed by atoms with Crippen LogP contribution >= 0.6 is 11.6 Å². The summed E-state index contributed by atoms with van der Waals surface area (Å²) in [4.78, 5) is 10.7. The zero-order chi connectivity index (χ0) is 12.8. The number of carboxylic acids is 1. The minimum atomic E-state index is -0.921. The van der Waals surface area contributed by atoms with Crippen LogP contribution in [0, 0.1) is 0 Å². The largest absolute Gasteiger partial charge is 0.494 e. The Balaban J connectivity index is 3.11. The second kappa shape index (κ2) is 6.35. The highest BCUT2D eigenvalue weighted by Gasteiger charge is 2.13. The molecule has 1 N–H and O–H groups in total. The topological polar surface area (TPSA) is 55.8 Å². The predicted molar refractivity (Wildman–Crippen MR) is 65.1 cm³/mol. The summed E-state index contributed by atoms with van der Waals surface area (Å²) in [5.74, 6) is 0.0490. The number of carbonyl (C=O) groups is 1. The molecule has 0 atom stereocenters. The molecule has 0 bridgehead atoms. The summed E-state index contributed by atoms with van der Waals surface area (Å²) >= 11 is 6.00. The molecule has 5 heteroatoms. The minimum Gasteiger partial charge on any atom is -0.494 e. The van der Waals surface area contributed by atoms with Crippen molar-refractivity contribution in [3.63, 3.8) is 0 Å². The molecule has 0 amide bonds. The average Bonchev–Trinajstić information content (AvgIpc) is 2.24. The predicted octanol–water partition coefficient (Wildman–Crippen LogP) is 2.76. The van der Waals surface area contributed by atoms with Crippen molar-refractivity contribution < 1.29 is 19.4 Å². The van der Waals surface area contributed by atoms with E-state index in [4.69, 9.17) is 26.2 Å². The van der Waals surface area contributed by atoms with Gasteiger partial charge in [-0.1, -0.05) is 11.6 Å². The molecular formula is C12H15ClO4. The van der Waals surface area contributed by atoms with Gasteiger partial charge in [-0.05, 0) is 19.9 Å². The summed E-state index contributed by atoms with van der Waals surface area (Å²) in [6, 6.07) is 3.21. The van der Waals surface area contributed by atoms with Crippen LogP contribution in [0.4, 0.5) is 0 Å². The fraction of sp³-hybridized carbons (Fsp3) is 0.417. The zero-order valence-electron chi connectivity index (χ0n) is 9.83. The van der Waals surface area contributed by atoms with Gasteiger partial charge in [0, 0.05) is 11.6 Å². The highest BCUT2D eigenvalue weighted by molar-refractivity contribution is 6.32. The van der Waals surface area contributed by atoms with Crippen LogP contribution in [-0.2, 0) is 11.2 Å². The van der Waals surface area contributed by atoms with Crippen LogP contribution in [0.1, 0.15) is 19.4 Å². The monoisotopic (exact) mass is 258 g/mol. The fourth-order valence-corrected chi connectivity index (χ4v) is 1.64. The maximum absolute atomic E-state index is 10.7. The van der Waals surface area contributed by atoms with Gasteiger partial charge >= 0.3 is 5.97 Å². The number of benzene rings is 1. The molecule has 1 aromatic carbocycles. The molecule has 0 radical (unpaired) electrons. The van der Waals surface area contributed by atoms with Crippen molar-refractivity contribution >= 4 is 17.6 Å². The molecule has 4 nitrogen and oxygen atoms in total. The first-order valence-corrected chi connectivity index (χ1v) is 5.76. The second-order valence-electron chi connectivity index (χ2n) is 3.33. The van der Waals surface area contributed by atoms with Gasteiger partial charge in [0.25, 0.3) is 0 Å². The second-order valence-corrected chi connectivity index (χ2v) is 3.73. The lowest BCUT2D eigenvalue weighted by atomic mass is 10.1. The third kappa shape index (κ3) is 3.82. The van der Waals surface area contributed by atoms with Crippen LogP contribution in [0.3, 0.4) is 0 Å². The van der Waals surface area contributed by atoms with Gasteiger partial charge in [-0.15, -0.1) is 0 Å². The number of carboxylic acid groups (broad SMARTS) is 1. The smallest absolute Gasteiger partial charge is 0.307 e. The first kappa shape index (κ1) is 13.6. The maximum Gasteiger partial charge on any atom is 0.307 e. The highest BCUT2D eigenvalue weighted by atomic mass is 35.5. The Morgan fingerprint density at radius 2 is 1.82 bits per heavy atom. The molecule has 0 unspecified atom stereocenters. The van der Waals surface area contributed by atoms with E-state index in [0.717, 1.165) is 0 Å². The lowest BCUT2D eigenvalue weighted by Crippen LogP contribution is -2.05. The van der Waals surface area contributed by atoms with Crippen molar-refractivity contribution in [3.05, 3.63) is 22.7 Å². The van der Waals surface area contributed by atoms with Gasteiger partial charge in [-0.25, -0.2) is 0 Å². The van der Waals surface area contributed by atoms with E-state index >= 15 is 0 Å². The number of hydrogen-bond donors (Lipinski definition) is 1. The SMILES string of the molecule is CCOc1cc(CC(=O)O)c(OCC)cc1Cl. The Labute approximate surface area is 105 Å². The molecule has 0 fully saturated rings. The molecule has 0 spiro atoms. The van der Waals surface area contributed by atoms with E-state index in [2.05, 4.69) is 0 Å². The molecule has 0 heterocycles. The molecule has 0 saturated carbocycles. The van der Waals surface area contributed by atoms with Crippen LogP contribution in [0.5, 0.6) is 11.5 Å². The van der Waals surface area contributed by atoms with Gasteiger partial charge < -0.3 is 14.6 Å². The van der Waals surface area contributed by atoms with Crippen molar-refractivity contribution in [3.8, 4) is 11.5 Å². The maximum atomic E-state index is 10.7. The third-order valence-corrected chi connectivity index (χ3v) is 2.35. The average molecular weight is 259 g/mol. The van der Waals surface area contributed by atoms with Crippen LogP contribution in [0.25, 0.3) is 0 Å². The first-order valence-electron chi connectivity index (χ1n) is 5.38. The molecular weight excluding hydrogens is 244 g/mol. The summed E-state index contributed by atoms with van der Waals surface area (Å²) in [7, 11) is 0. The van der Waals surface area contributed by atoms with E-state index in [-0.39, 0.29) is 6.42 Å². The number of ether oxygens (including phenoxy) is 2.